The fourth-order valence-electron chi connectivity index (χ4n) is 4.08. The first kappa shape index (κ1) is 26.8. The van der Waals surface area contributed by atoms with E-state index in [-0.39, 0.29) is 12.6 Å². The molecule has 37 heavy (non-hydrogen) atoms. The first-order valence-corrected chi connectivity index (χ1v) is 12.0. The minimum Gasteiger partial charge on any atom is -0.491 e. The quantitative estimate of drug-likeness (QED) is 0.443. The zero-order valence-electron chi connectivity index (χ0n) is 20.7. The van der Waals surface area contributed by atoms with Gasteiger partial charge in [0, 0.05) is 56.2 Å². The maximum absolute atomic E-state index is 13.0. The van der Waals surface area contributed by atoms with Gasteiger partial charge in [-0.3, -0.25) is 4.98 Å². The number of halogens is 3. The predicted octanol–water partition coefficient (Wildman–Crippen LogP) is 3.80. The van der Waals surface area contributed by atoms with Gasteiger partial charge in [-0.05, 0) is 44.2 Å². The second-order valence-electron chi connectivity index (χ2n) is 8.87. The van der Waals surface area contributed by atoms with Crippen molar-refractivity contribution in [2.75, 3.05) is 45.4 Å². The lowest BCUT2D eigenvalue weighted by Crippen LogP contribution is -2.37. The Hall–Kier alpha value is -3.28. The molecule has 198 valence electrons. The number of aliphatic hydroxyl groups excluding tert-OH is 1. The van der Waals surface area contributed by atoms with Gasteiger partial charge in [0.2, 0.25) is 0 Å². The van der Waals surface area contributed by atoms with E-state index in [1.54, 1.807) is 31.3 Å². The maximum atomic E-state index is 13.0. The molecule has 2 aromatic heterocycles. The third-order valence-corrected chi connectivity index (χ3v) is 6.14. The van der Waals surface area contributed by atoms with Gasteiger partial charge in [0.25, 0.3) is 0 Å². The summed E-state index contributed by atoms with van der Waals surface area (Å²) in [6, 6.07) is 11.5. The summed E-state index contributed by atoms with van der Waals surface area (Å²) >= 11 is 0. The van der Waals surface area contributed by atoms with Crippen LogP contribution < -0.4 is 15.0 Å². The number of aromatic nitrogens is 3. The smallest absolute Gasteiger partial charge is 0.433 e. The summed E-state index contributed by atoms with van der Waals surface area (Å²) in [6.45, 7) is 1.82. The molecule has 1 aliphatic heterocycles. The molecule has 0 saturated carbocycles. The topological polar surface area (TPSA) is 92.6 Å². The van der Waals surface area contributed by atoms with Crippen LogP contribution in [0.3, 0.4) is 0 Å². The number of hydrogen-bond donors (Lipinski definition) is 2. The lowest BCUT2D eigenvalue weighted by Gasteiger charge is -2.32. The van der Waals surface area contributed by atoms with Crippen LogP contribution in [0, 0.1) is 0 Å². The van der Waals surface area contributed by atoms with Gasteiger partial charge < -0.3 is 24.8 Å². The average Bonchev–Trinajstić information content (AvgIpc) is 2.91. The van der Waals surface area contributed by atoms with Gasteiger partial charge in [-0.1, -0.05) is 12.1 Å². The third-order valence-electron chi connectivity index (χ3n) is 6.14. The van der Waals surface area contributed by atoms with E-state index in [1.165, 1.54) is 12.3 Å². The molecule has 11 heteroatoms. The van der Waals surface area contributed by atoms with Gasteiger partial charge in [0.15, 0.2) is 5.82 Å². The molecule has 3 aromatic rings. The van der Waals surface area contributed by atoms with Crippen LogP contribution in [0.2, 0.25) is 0 Å². The van der Waals surface area contributed by atoms with Crippen molar-refractivity contribution >= 4 is 5.82 Å². The Kier molecular flexibility index (Phi) is 8.57. The van der Waals surface area contributed by atoms with E-state index in [2.05, 4.69) is 20.2 Å². The number of nitrogens with one attached hydrogen (secondary N) is 1. The van der Waals surface area contributed by atoms with Crippen molar-refractivity contribution in [2.24, 2.45) is 0 Å². The molecule has 8 nitrogen and oxygen atoms in total. The summed E-state index contributed by atoms with van der Waals surface area (Å²) < 4.78 is 50.3. The summed E-state index contributed by atoms with van der Waals surface area (Å²) in [5.74, 6) is 1.58. The fraction of sp³-hybridized carbons (Fsp3) is 0.423. The Morgan fingerprint density at radius 3 is 2.59 bits per heavy atom. The summed E-state index contributed by atoms with van der Waals surface area (Å²) in [7, 11) is 3.69. The molecule has 4 rings (SSSR count). The minimum absolute atomic E-state index is 0.111. The van der Waals surface area contributed by atoms with Crippen molar-refractivity contribution in [3.8, 4) is 28.4 Å². The van der Waals surface area contributed by atoms with Gasteiger partial charge in [-0.15, -0.1) is 0 Å². The summed E-state index contributed by atoms with van der Waals surface area (Å²) in [6.07, 6.45) is -2.34. The van der Waals surface area contributed by atoms with Gasteiger partial charge >= 0.3 is 6.18 Å². The van der Waals surface area contributed by atoms with Crippen molar-refractivity contribution in [3.63, 3.8) is 0 Å². The van der Waals surface area contributed by atoms with Crippen molar-refractivity contribution in [3.05, 3.63) is 54.4 Å². The van der Waals surface area contributed by atoms with Crippen molar-refractivity contribution in [2.45, 2.75) is 31.2 Å². The number of pyridine rings is 1. The number of ether oxygens (including phenoxy) is 2. The molecule has 1 saturated heterocycles. The molecule has 2 N–H and O–H groups in total. The van der Waals surface area contributed by atoms with E-state index >= 15 is 0 Å². The Bertz CT molecular complexity index is 1170. The van der Waals surface area contributed by atoms with Gasteiger partial charge in [-0.2, -0.15) is 13.2 Å². The van der Waals surface area contributed by atoms with Crippen LogP contribution in [-0.4, -0.2) is 72.7 Å². The number of benzene rings is 1. The van der Waals surface area contributed by atoms with E-state index in [0.717, 1.165) is 18.9 Å². The lowest BCUT2D eigenvalue weighted by molar-refractivity contribution is -0.141. The van der Waals surface area contributed by atoms with Gasteiger partial charge in [0.05, 0.1) is 5.69 Å². The molecule has 0 aliphatic carbocycles. The Balaban J connectivity index is 1.69. The fourth-order valence-corrected chi connectivity index (χ4v) is 4.08. The number of likely N-dealkylation sites (N-methyl/N-ethyl adjacent to an activating group) is 1. The Morgan fingerprint density at radius 2 is 1.92 bits per heavy atom. The molecular weight excluding hydrogens is 487 g/mol. The number of anilines is 1. The SMILES string of the molecule is CNCC(O)COc1cccc(-c2nc(-c3ccc(C(F)(F)F)nc3)cc(N(C)C3CCOCC3)n2)c1. The van der Waals surface area contributed by atoms with Crippen LogP contribution in [0.1, 0.15) is 18.5 Å². The number of aliphatic hydroxyl groups is 1. The van der Waals surface area contributed by atoms with Crippen LogP contribution in [0.15, 0.2) is 48.7 Å². The molecular formula is C26H30F3N5O3. The van der Waals surface area contributed by atoms with E-state index in [4.69, 9.17) is 14.5 Å². The second-order valence-corrected chi connectivity index (χ2v) is 8.87. The molecule has 1 atom stereocenters. The molecule has 0 spiro atoms. The number of alkyl halides is 3. The maximum Gasteiger partial charge on any atom is 0.433 e. The molecule has 3 heterocycles. The number of nitrogens with zero attached hydrogens (tertiary/aromatic N) is 4. The number of rotatable bonds is 9. The molecule has 0 amide bonds. The average molecular weight is 518 g/mol. The Labute approximate surface area is 213 Å². The van der Waals surface area contributed by atoms with Crippen LogP contribution >= 0.6 is 0 Å². The van der Waals surface area contributed by atoms with Crippen LogP contribution in [0.25, 0.3) is 22.6 Å². The molecule has 1 aliphatic rings. The number of hydrogen-bond acceptors (Lipinski definition) is 8. The summed E-state index contributed by atoms with van der Waals surface area (Å²) in [4.78, 5) is 15.1. The molecule has 1 fully saturated rings. The largest absolute Gasteiger partial charge is 0.491 e. The predicted molar refractivity (Wildman–Crippen MR) is 133 cm³/mol. The normalized spacial score (nSPS) is 15.4. The Morgan fingerprint density at radius 1 is 1.14 bits per heavy atom. The minimum atomic E-state index is -4.52. The highest BCUT2D eigenvalue weighted by Gasteiger charge is 2.32. The summed E-state index contributed by atoms with van der Waals surface area (Å²) in [5, 5.41) is 12.8. The molecule has 0 radical (unpaired) electrons. The molecule has 0 bridgehead atoms. The zero-order valence-corrected chi connectivity index (χ0v) is 20.7. The van der Waals surface area contributed by atoms with Gasteiger partial charge in [-0.25, -0.2) is 9.97 Å². The van der Waals surface area contributed by atoms with E-state index in [9.17, 15) is 18.3 Å². The highest BCUT2D eigenvalue weighted by molar-refractivity contribution is 5.68. The molecule has 1 unspecified atom stereocenters. The van der Waals surface area contributed by atoms with Crippen molar-refractivity contribution in [1.29, 1.82) is 0 Å². The highest BCUT2D eigenvalue weighted by Crippen LogP contribution is 2.31. The van der Waals surface area contributed by atoms with E-state index in [1.807, 2.05) is 13.1 Å². The van der Waals surface area contributed by atoms with Crippen molar-refractivity contribution < 1.29 is 27.8 Å². The molecule has 1 aromatic carbocycles. The van der Waals surface area contributed by atoms with Gasteiger partial charge in [0.1, 0.15) is 30.0 Å². The zero-order chi connectivity index (χ0) is 26.4. The summed E-state index contributed by atoms with van der Waals surface area (Å²) in [5.41, 5.74) is 0.608. The van der Waals surface area contributed by atoms with Crippen molar-refractivity contribution in [1.82, 2.24) is 20.3 Å². The highest BCUT2D eigenvalue weighted by atomic mass is 19.4. The van der Waals surface area contributed by atoms with Crippen LogP contribution in [-0.2, 0) is 10.9 Å². The first-order valence-electron chi connectivity index (χ1n) is 12.0. The third kappa shape index (κ3) is 6.94. The van der Waals surface area contributed by atoms with E-state index in [0.29, 0.717) is 54.0 Å². The second kappa shape index (κ2) is 11.8. The first-order chi connectivity index (χ1) is 17.7. The lowest BCUT2D eigenvalue weighted by atomic mass is 10.1. The monoisotopic (exact) mass is 517 g/mol. The standard InChI is InChI=1S/C26H30F3N5O3/c1-30-15-20(35)16-37-21-5-3-4-17(12-21)25-32-22(18-6-7-23(31-14-18)26(27,28)29)13-24(33-25)34(2)19-8-10-36-11-9-19/h3-7,12-14,19-20,30,35H,8-11,15-16H2,1-2H3. The van der Waals surface area contributed by atoms with E-state index < -0.39 is 18.0 Å². The van der Waals surface area contributed by atoms with Crippen LogP contribution in [0.5, 0.6) is 5.75 Å². The van der Waals surface area contributed by atoms with Crippen LogP contribution in [0.4, 0.5) is 19.0 Å².